The lowest BCUT2D eigenvalue weighted by Gasteiger charge is -2.48. The quantitative estimate of drug-likeness (QED) is 0.805. The number of carbonyl (C=O) groups is 1. The van der Waals surface area contributed by atoms with Crippen molar-refractivity contribution in [3.8, 4) is 0 Å². The van der Waals surface area contributed by atoms with Crippen molar-refractivity contribution in [3.63, 3.8) is 0 Å². The summed E-state index contributed by atoms with van der Waals surface area (Å²) in [5.74, 6) is -0.0543. The Labute approximate surface area is 128 Å². The molecule has 0 radical (unpaired) electrons. The second-order valence-corrected chi connectivity index (χ2v) is 8.29. The van der Waals surface area contributed by atoms with Crippen LogP contribution in [0.4, 0.5) is 11.4 Å². The summed E-state index contributed by atoms with van der Waals surface area (Å²) >= 11 is 0. The molecule has 2 aliphatic rings. The second kappa shape index (κ2) is 4.88. The Morgan fingerprint density at radius 2 is 1.90 bits per heavy atom. The van der Waals surface area contributed by atoms with E-state index in [2.05, 4.69) is 5.32 Å². The van der Waals surface area contributed by atoms with Crippen LogP contribution in [0.3, 0.4) is 0 Å². The Balaban J connectivity index is 2.06. The lowest BCUT2D eigenvalue weighted by atomic mass is 9.78. The van der Waals surface area contributed by atoms with Gasteiger partial charge < -0.3 is 10.2 Å². The van der Waals surface area contributed by atoms with Crippen LogP contribution in [-0.4, -0.2) is 26.9 Å². The molecular weight excluding hydrogens is 312 g/mol. The first-order valence-electron chi connectivity index (χ1n) is 6.99. The van der Waals surface area contributed by atoms with Crippen molar-refractivity contribution in [2.75, 3.05) is 17.3 Å². The third-order valence-electron chi connectivity index (χ3n) is 4.60. The molecule has 0 saturated heterocycles. The number of nitrogens with one attached hydrogen (secondary N) is 1. The maximum Gasteiger partial charge on any atom is 0.261 e. The van der Waals surface area contributed by atoms with Gasteiger partial charge >= 0.3 is 0 Å². The Bertz CT molecular complexity index is 696. The van der Waals surface area contributed by atoms with E-state index in [1.54, 1.807) is 6.07 Å². The number of hydrogen-bond donors (Lipinski definition) is 1. The summed E-state index contributed by atoms with van der Waals surface area (Å²) in [6.07, 6.45) is 4.86. The van der Waals surface area contributed by atoms with E-state index in [0.717, 1.165) is 37.8 Å². The van der Waals surface area contributed by atoms with E-state index >= 15 is 0 Å². The highest BCUT2D eigenvalue weighted by Gasteiger charge is 2.46. The first-order valence-corrected chi connectivity index (χ1v) is 9.29. The molecule has 1 spiro atoms. The molecule has 1 aromatic rings. The monoisotopic (exact) mass is 328 g/mol. The number of hydrogen-bond acceptors (Lipinski definition) is 4. The van der Waals surface area contributed by atoms with Crippen LogP contribution in [-0.2, 0) is 13.8 Å². The summed E-state index contributed by atoms with van der Waals surface area (Å²) in [5, 5.41) is 2.86. The van der Waals surface area contributed by atoms with Gasteiger partial charge in [0.25, 0.3) is 9.05 Å². The van der Waals surface area contributed by atoms with Gasteiger partial charge in [-0.2, -0.15) is 0 Å². The van der Waals surface area contributed by atoms with Gasteiger partial charge in [-0.25, -0.2) is 8.42 Å². The topological polar surface area (TPSA) is 66.5 Å². The van der Waals surface area contributed by atoms with Crippen LogP contribution in [0.1, 0.15) is 32.1 Å². The number of halogens is 1. The minimum atomic E-state index is -3.80. The number of fused-ring (bicyclic) bond motifs is 1. The van der Waals surface area contributed by atoms with Crippen molar-refractivity contribution in [1.82, 2.24) is 0 Å². The van der Waals surface area contributed by atoms with E-state index in [4.69, 9.17) is 10.7 Å². The van der Waals surface area contributed by atoms with Gasteiger partial charge in [-0.3, -0.25) is 4.79 Å². The molecule has 7 heteroatoms. The lowest BCUT2D eigenvalue weighted by molar-refractivity contribution is -0.122. The highest BCUT2D eigenvalue weighted by molar-refractivity contribution is 8.13. The molecule has 1 aliphatic carbocycles. The van der Waals surface area contributed by atoms with E-state index in [1.165, 1.54) is 12.1 Å². The van der Waals surface area contributed by atoms with Gasteiger partial charge in [0, 0.05) is 17.7 Å². The molecule has 1 heterocycles. The van der Waals surface area contributed by atoms with Crippen LogP contribution in [0.5, 0.6) is 0 Å². The normalized spacial score (nSPS) is 21.0. The van der Waals surface area contributed by atoms with Crippen LogP contribution < -0.4 is 10.2 Å². The molecule has 1 N–H and O–H groups in total. The number of anilines is 2. The van der Waals surface area contributed by atoms with Gasteiger partial charge in [-0.1, -0.05) is 19.3 Å². The van der Waals surface area contributed by atoms with Crippen molar-refractivity contribution in [2.24, 2.45) is 0 Å². The first-order chi connectivity index (χ1) is 9.84. The zero-order valence-electron chi connectivity index (χ0n) is 11.7. The SMILES string of the molecule is CN1c2ccc(S(=O)(=O)Cl)cc2NC(=O)C12CCCCC2. The molecule has 3 rings (SSSR count). The number of amides is 1. The zero-order chi connectivity index (χ0) is 15.3. The predicted octanol–water partition coefficient (Wildman–Crippen LogP) is 2.71. The highest BCUT2D eigenvalue weighted by Crippen LogP contribution is 2.43. The minimum Gasteiger partial charge on any atom is -0.359 e. The maximum atomic E-state index is 12.6. The smallest absolute Gasteiger partial charge is 0.261 e. The summed E-state index contributed by atoms with van der Waals surface area (Å²) in [4.78, 5) is 14.6. The van der Waals surface area contributed by atoms with Crippen LogP contribution >= 0.6 is 10.7 Å². The van der Waals surface area contributed by atoms with Gasteiger partial charge in [-0.15, -0.1) is 0 Å². The number of benzene rings is 1. The van der Waals surface area contributed by atoms with E-state index in [0.29, 0.717) is 5.69 Å². The average Bonchev–Trinajstić information content (AvgIpc) is 2.45. The van der Waals surface area contributed by atoms with Crippen LogP contribution in [0, 0.1) is 0 Å². The molecule has 0 atom stereocenters. The van der Waals surface area contributed by atoms with Gasteiger partial charge in [0.15, 0.2) is 0 Å². The standard InChI is InChI=1S/C14H17ClN2O3S/c1-17-12-6-5-10(21(15,19)20)9-11(12)16-13(18)14(17)7-3-2-4-8-14/h5-6,9H,2-4,7-8H2,1H3,(H,16,18). The molecule has 21 heavy (non-hydrogen) atoms. The van der Waals surface area contributed by atoms with Gasteiger partial charge in [0.2, 0.25) is 5.91 Å². The molecule has 1 saturated carbocycles. The number of carbonyl (C=O) groups excluding carboxylic acids is 1. The molecular formula is C14H17ClN2O3S. The molecule has 0 unspecified atom stereocenters. The van der Waals surface area contributed by atoms with Crippen molar-refractivity contribution in [2.45, 2.75) is 42.5 Å². The Morgan fingerprint density at radius 3 is 2.52 bits per heavy atom. The van der Waals surface area contributed by atoms with E-state index < -0.39 is 14.6 Å². The number of rotatable bonds is 1. The fraction of sp³-hybridized carbons (Fsp3) is 0.500. The molecule has 0 aromatic heterocycles. The molecule has 114 valence electrons. The van der Waals surface area contributed by atoms with Crippen molar-refractivity contribution in [1.29, 1.82) is 0 Å². The molecule has 1 amide bonds. The van der Waals surface area contributed by atoms with Crippen molar-refractivity contribution in [3.05, 3.63) is 18.2 Å². The van der Waals surface area contributed by atoms with Gasteiger partial charge in [0.05, 0.1) is 16.3 Å². The fourth-order valence-corrected chi connectivity index (χ4v) is 4.16. The summed E-state index contributed by atoms with van der Waals surface area (Å²) in [5.41, 5.74) is 0.827. The molecule has 0 bridgehead atoms. The largest absolute Gasteiger partial charge is 0.359 e. The molecule has 1 aromatic carbocycles. The third kappa shape index (κ3) is 2.30. The Morgan fingerprint density at radius 1 is 1.24 bits per heavy atom. The van der Waals surface area contributed by atoms with E-state index in [9.17, 15) is 13.2 Å². The minimum absolute atomic E-state index is 0.00351. The fourth-order valence-electron chi connectivity index (χ4n) is 3.38. The van der Waals surface area contributed by atoms with E-state index in [1.807, 2.05) is 11.9 Å². The van der Waals surface area contributed by atoms with E-state index in [-0.39, 0.29) is 10.8 Å². The first kappa shape index (κ1) is 14.7. The summed E-state index contributed by atoms with van der Waals surface area (Å²) < 4.78 is 22.8. The van der Waals surface area contributed by atoms with Crippen LogP contribution in [0.15, 0.2) is 23.1 Å². The Kier molecular flexibility index (Phi) is 3.41. The predicted molar refractivity (Wildman–Crippen MR) is 82.3 cm³/mol. The molecule has 1 aliphatic heterocycles. The zero-order valence-corrected chi connectivity index (χ0v) is 13.3. The average molecular weight is 329 g/mol. The second-order valence-electron chi connectivity index (χ2n) is 5.72. The number of likely N-dealkylation sites (N-methyl/N-ethyl adjacent to an activating group) is 1. The number of nitrogens with zero attached hydrogens (tertiary/aromatic N) is 1. The summed E-state index contributed by atoms with van der Waals surface area (Å²) in [6.45, 7) is 0. The lowest BCUT2D eigenvalue weighted by Crippen LogP contribution is -2.59. The van der Waals surface area contributed by atoms with Crippen molar-refractivity contribution < 1.29 is 13.2 Å². The van der Waals surface area contributed by atoms with Crippen molar-refractivity contribution >= 4 is 37.0 Å². The summed E-state index contributed by atoms with van der Waals surface area (Å²) in [6, 6.07) is 4.60. The molecule has 5 nitrogen and oxygen atoms in total. The Hall–Kier alpha value is -1.27. The highest BCUT2D eigenvalue weighted by atomic mass is 35.7. The summed E-state index contributed by atoms with van der Waals surface area (Å²) in [7, 11) is 3.46. The third-order valence-corrected chi connectivity index (χ3v) is 5.96. The van der Waals surface area contributed by atoms with Gasteiger partial charge in [0.1, 0.15) is 5.54 Å². The molecule has 1 fully saturated rings. The van der Waals surface area contributed by atoms with Gasteiger partial charge in [-0.05, 0) is 31.0 Å². The maximum absolute atomic E-state index is 12.6. The van der Waals surface area contributed by atoms with Crippen LogP contribution in [0.25, 0.3) is 0 Å². The van der Waals surface area contributed by atoms with Crippen LogP contribution in [0.2, 0.25) is 0 Å².